The molecule has 0 bridgehead atoms. The number of aliphatic carboxylic acids is 1. The van der Waals surface area contributed by atoms with E-state index in [1.165, 1.54) is 4.90 Å². The molecular weight excluding hydrogens is 294 g/mol. The summed E-state index contributed by atoms with van der Waals surface area (Å²) < 4.78 is 5.24. The summed E-state index contributed by atoms with van der Waals surface area (Å²) >= 11 is 1.61. The van der Waals surface area contributed by atoms with Gasteiger partial charge in [-0.05, 0) is 25.8 Å². The van der Waals surface area contributed by atoms with Crippen LogP contribution in [0.1, 0.15) is 20.3 Å². The Morgan fingerprint density at radius 1 is 1.57 bits per heavy atom. The first-order chi connectivity index (χ1) is 9.99. The van der Waals surface area contributed by atoms with Crippen molar-refractivity contribution in [3.8, 4) is 0 Å². The van der Waals surface area contributed by atoms with E-state index in [0.717, 1.165) is 11.3 Å². The van der Waals surface area contributed by atoms with Gasteiger partial charge in [0.15, 0.2) is 0 Å². The van der Waals surface area contributed by atoms with Crippen LogP contribution in [-0.4, -0.2) is 63.9 Å². The number of hydrogen-bond donors (Lipinski definition) is 2. The van der Waals surface area contributed by atoms with Crippen LogP contribution < -0.4 is 0 Å². The van der Waals surface area contributed by atoms with Gasteiger partial charge in [-0.2, -0.15) is 11.8 Å². The van der Waals surface area contributed by atoms with Crippen molar-refractivity contribution in [3.05, 3.63) is 11.3 Å². The zero-order chi connectivity index (χ0) is 15.6. The number of carbonyl (C=O) groups is 2. The van der Waals surface area contributed by atoms with Gasteiger partial charge in [-0.25, -0.2) is 4.79 Å². The first kappa shape index (κ1) is 16.3. The number of hydrogen-bond acceptors (Lipinski definition) is 5. The standard InChI is InChI=1S/C14H21NO5S/c1-3-20-4-5-21-7-9-6-10-11(8(2)16)13(17)15(10)12(9)14(18)19/h8,10-11,16H,3-7H2,1-2H3,(H,18,19)/t8-,10+,11+/m0/s1. The molecule has 21 heavy (non-hydrogen) atoms. The fraction of sp³-hybridized carbons (Fsp3) is 0.714. The van der Waals surface area contributed by atoms with Gasteiger partial charge >= 0.3 is 5.97 Å². The number of nitrogens with zero attached hydrogens (tertiary/aromatic N) is 1. The van der Waals surface area contributed by atoms with Crippen LogP contribution in [0, 0.1) is 5.92 Å². The summed E-state index contributed by atoms with van der Waals surface area (Å²) in [6.07, 6.45) is -0.191. The molecule has 0 saturated carbocycles. The fourth-order valence-corrected chi connectivity index (χ4v) is 3.83. The molecule has 0 spiro atoms. The molecule has 3 atom stereocenters. The molecule has 7 heteroatoms. The minimum atomic E-state index is -1.06. The molecule has 2 rings (SSSR count). The van der Waals surface area contributed by atoms with E-state index >= 15 is 0 Å². The SMILES string of the molecule is CCOCCSCC1=C(C(=O)O)N2C(=O)[C@H]([C@H](C)O)[C@H]2C1. The highest BCUT2D eigenvalue weighted by molar-refractivity contribution is 7.99. The van der Waals surface area contributed by atoms with Crippen LogP contribution in [0.5, 0.6) is 0 Å². The summed E-state index contributed by atoms with van der Waals surface area (Å²) in [4.78, 5) is 24.8. The molecular formula is C14H21NO5S. The summed E-state index contributed by atoms with van der Waals surface area (Å²) in [5, 5.41) is 19.0. The van der Waals surface area contributed by atoms with E-state index in [1.807, 2.05) is 6.92 Å². The third-order valence-corrected chi connectivity index (χ3v) is 4.88. The molecule has 2 aliphatic heterocycles. The van der Waals surface area contributed by atoms with E-state index in [2.05, 4.69) is 0 Å². The lowest BCUT2D eigenvalue weighted by Gasteiger charge is -2.44. The van der Waals surface area contributed by atoms with Gasteiger partial charge < -0.3 is 19.8 Å². The van der Waals surface area contributed by atoms with Crippen LogP contribution in [0.3, 0.4) is 0 Å². The predicted octanol–water partition coefficient (Wildman–Crippen LogP) is 0.706. The molecule has 2 N–H and O–H groups in total. The van der Waals surface area contributed by atoms with Gasteiger partial charge in [0.2, 0.25) is 5.91 Å². The average molecular weight is 315 g/mol. The third-order valence-electron chi connectivity index (χ3n) is 3.87. The highest BCUT2D eigenvalue weighted by Gasteiger charge is 2.56. The lowest BCUT2D eigenvalue weighted by molar-refractivity contribution is -0.161. The Hall–Kier alpha value is -1.05. The number of carboxylic acid groups (broad SMARTS) is 1. The zero-order valence-corrected chi connectivity index (χ0v) is 13.1. The maximum Gasteiger partial charge on any atom is 0.352 e. The van der Waals surface area contributed by atoms with Gasteiger partial charge in [0.25, 0.3) is 0 Å². The van der Waals surface area contributed by atoms with Crippen LogP contribution in [0.25, 0.3) is 0 Å². The second kappa shape index (κ2) is 6.81. The second-order valence-corrected chi connectivity index (χ2v) is 6.36. The number of β-lactam (4-membered cyclic amide) rings is 1. The number of carboxylic acids is 1. The van der Waals surface area contributed by atoms with Crippen molar-refractivity contribution < 1.29 is 24.5 Å². The Balaban J connectivity index is 2.00. The minimum Gasteiger partial charge on any atom is -0.477 e. The Morgan fingerprint density at radius 3 is 2.86 bits per heavy atom. The van der Waals surface area contributed by atoms with Gasteiger partial charge in [-0.15, -0.1) is 0 Å². The number of aliphatic hydroxyl groups is 1. The van der Waals surface area contributed by atoms with Crippen molar-refractivity contribution in [1.29, 1.82) is 0 Å². The molecule has 0 aliphatic carbocycles. The van der Waals surface area contributed by atoms with Gasteiger partial charge in [0.05, 0.1) is 24.7 Å². The van der Waals surface area contributed by atoms with Crippen LogP contribution in [-0.2, 0) is 14.3 Å². The number of fused-ring (bicyclic) bond motifs is 1. The van der Waals surface area contributed by atoms with Crippen molar-refractivity contribution >= 4 is 23.6 Å². The largest absolute Gasteiger partial charge is 0.477 e. The lowest BCUT2D eigenvalue weighted by Crippen LogP contribution is -2.61. The highest BCUT2D eigenvalue weighted by Crippen LogP contribution is 2.44. The number of thioether (sulfide) groups is 1. The van der Waals surface area contributed by atoms with E-state index in [0.29, 0.717) is 25.4 Å². The maximum atomic E-state index is 12.0. The minimum absolute atomic E-state index is 0.116. The van der Waals surface area contributed by atoms with Crippen molar-refractivity contribution in [2.24, 2.45) is 5.92 Å². The zero-order valence-electron chi connectivity index (χ0n) is 12.2. The van der Waals surface area contributed by atoms with Crippen molar-refractivity contribution in [2.45, 2.75) is 32.4 Å². The quantitative estimate of drug-likeness (QED) is 0.507. The molecule has 1 amide bonds. The molecule has 0 aromatic heterocycles. The number of ether oxygens (including phenoxy) is 1. The first-order valence-electron chi connectivity index (χ1n) is 7.11. The molecule has 1 fully saturated rings. The van der Waals surface area contributed by atoms with Crippen molar-refractivity contribution in [2.75, 3.05) is 24.7 Å². The molecule has 0 aromatic rings. The predicted molar refractivity (Wildman–Crippen MR) is 78.9 cm³/mol. The van der Waals surface area contributed by atoms with Crippen LogP contribution in [0.4, 0.5) is 0 Å². The van der Waals surface area contributed by atoms with E-state index in [9.17, 15) is 19.8 Å². The molecule has 0 unspecified atom stereocenters. The number of aliphatic hydroxyl groups excluding tert-OH is 1. The Bertz CT molecular complexity index is 462. The van der Waals surface area contributed by atoms with Crippen LogP contribution in [0.15, 0.2) is 11.3 Å². The summed E-state index contributed by atoms with van der Waals surface area (Å²) in [7, 11) is 0. The summed E-state index contributed by atoms with van der Waals surface area (Å²) in [6.45, 7) is 4.82. The molecule has 1 saturated heterocycles. The van der Waals surface area contributed by atoms with Gasteiger partial charge in [0.1, 0.15) is 5.70 Å². The summed E-state index contributed by atoms with van der Waals surface area (Å²) in [5.74, 6) is -0.424. The smallest absolute Gasteiger partial charge is 0.352 e. The van der Waals surface area contributed by atoms with Gasteiger partial charge in [-0.1, -0.05) is 0 Å². The number of amides is 1. The number of carbonyl (C=O) groups excluding carboxylic acids is 1. The molecule has 118 valence electrons. The Morgan fingerprint density at radius 2 is 2.29 bits per heavy atom. The highest BCUT2D eigenvalue weighted by atomic mass is 32.2. The van der Waals surface area contributed by atoms with E-state index in [4.69, 9.17) is 4.74 Å². The van der Waals surface area contributed by atoms with E-state index in [1.54, 1.807) is 18.7 Å². The molecule has 2 aliphatic rings. The van der Waals surface area contributed by atoms with Crippen molar-refractivity contribution in [3.63, 3.8) is 0 Å². The molecule has 2 heterocycles. The van der Waals surface area contributed by atoms with Crippen LogP contribution >= 0.6 is 11.8 Å². The molecule has 0 radical (unpaired) electrons. The lowest BCUT2D eigenvalue weighted by atomic mass is 9.83. The second-order valence-electron chi connectivity index (χ2n) is 5.25. The van der Waals surface area contributed by atoms with Crippen LogP contribution in [0.2, 0.25) is 0 Å². The molecule has 6 nitrogen and oxygen atoms in total. The summed E-state index contributed by atoms with van der Waals surface area (Å²) in [5.41, 5.74) is 0.899. The van der Waals surface area contributed by atoms with Gasteiger partial charge in [-0.3, -0.25) is 4.79 Å². The maximum absolute atomic E-state index is 12.0. The summed E-state index contributed by atoms with van der Waals surface area (Å²) in [6, 6.07) is -0.189. The van der Waals surface area contributed by atoms with Gasteiger partial charge in [0, 0.05) is 18.1 Å². The Labute approximate surface area is 128 Å². The van der Waals surface area contributed by atoms with E-state index < -0.39 is 18.0 Å². The monoisotopic (exact) mass is 315 g/mol. The normalized spacial score (nSPS) is 25.9. The topological polar surface area (TPSA) is 87.1 Å². The van der Waals surface area contributed by atoms with E-state index in [-0.39, 0.29) is 17.6 Å². The fourth-order valence-electron chi connectivity index (χ4n) is 2.95. The third kappa shape index (κ3) is 3.09. The van der Waals surface area contributed by atoms with Crippen molar-refractivity contribution in [1.82, 2.24) is 4.90 Å². The molecule has 0 aromatic carbocycles. The average Bonchev–Trinajstić information content (AvgIpc) is 2.72. The first-order valence-corrected chi connectivity index (χ1v) is 8.26. The number of rotatable bonds is 8. The Kier molecular flexibility index (Phi) is 5.29.